The van der Waals surface area contributed by atoms with Crippen LogP contribution in [0, 0.1) is 0 Å². The lowest BCUT2D eigenvalue weighted by atomic mass is 9.65. The highest BCUT2D eigenvalue weighted by molar-refractivity contribution is 5.83. The average Bonchev–Trinajstić information content (AvgIpc) is 3.24. The number of allylic oxidation sites excluding steroid dienone is 5. The third kappa shape index (κ3) is 6.26. The van der Waals surface area contributed by atoms with Crippen molar-refractivity contribution in [2.75, 3.05) is 0 Å². The van der Waals surface area contributed by atoms with Crippen LogP contribution in [-0.2, 0) is 11.8 Å². The van der Waals surface area contributed by atoms with Gasteiger partial charge >= 0.3 is 0 Å². The minimum Gasteiger partial charge on any atom is -0.208 e. The quantitative estimate of drug-likeness (QED) is 0.169. The zero-order valence-corrected chi connectivity index (χ0v) is 29.6. The molecule has 0 atom stereocenters. The molecule has 3 nitrogen and oxygen atoms in total. The fourth-order valence-corrected chi connectivity index (χ4v) is 8.55. The SMILES string of the molecule is C1=CC(c2nc(-c3ccc(-c4ccccc4)cc3)nc(-c3ccc(C4(c5ccc(C6=CCCc7ccccc76)cc5)CCCCC4)cc3)n2)=CCC1. The van der Waals surface area contributed by atoms with Gasteiger partial charge in [0.2, 0.25) is 0 Å². The minimum absolute atomic E-state index is 0.00177. The standard InChI is InChI=1S/C49H43N3/c1-4-13-35(14-5-1)36-21-23-40(24-22-36)47-50-46(39-16-6-2-7-17-39)51-48(52-47)41-27-31-43(32-28-41)49(33-10-3-11-34-49)42-29-25-38(26-30-42)45-20-12-18-37-15-8-9-19-44(37)45/h1,4-6,8-9,13-17,19-32H,2-3,7,10-12,18,33-34H2. The molecule has 3 aliphatic rings. The highest BCUT2D eigenvalue weighted by Crippen LogP contribution is 2.46. The molecule has 3 heteroatoms. The van der Waals surface area contributed by atoms with Crippen molar-refractivity contribution in [2.24, 2.45) is 0 Å². The Balaban J connectivity index is 1.05. The molecule has 6 aromatic rings. The van der Waals surface area contributed by atoms with E-state index >= 15 is 0 Å². The van der Waals surface area contributed by atoms with Gasteiger partial charge in [-0.1, -0.05) is 171 Å². The number of fused-ring (bicyclic) bond motifs is 1. The largest absolute Gasteiger partial charge is 0.208 e. The Morgan fingerprint density at radius 2 is 1.02 bits per heavy atom. The second-order valence-corrected chi connectivity index (χ2v) is 14.5. The first-order valence-corrected chi connectivity index (χ1v) is 19.0. The predicted octanol–water partition coefficient (Wildman–Crippen LogP) is 12.2. The number of aryl methyl sites for hydroxylation is 1. The molecule has 1 heterocycles. The Morgan fingerprint density at radius 1 is 0.442 bits per heavy atom. The summed E-state index contributed by atoms with van der Waals surface area (Å²) in [6.45, 7) is 0. The van der Waals surface area contributed by atoms with Crippen LogP contribution < -0.4 is 0 Å². The number of hydrogen-bond acceptors (Lipinski definition) is 3. The van der Waals surface area contributed by atoms with Crippen molar-refractivity contribution in [1.82, 2.24) is 15.0 Å². The third-order valence-corrected chi connectivity index (χ3v) is 11.4. The molecule has 52 heavy (non-hydrogen) atoms. The van der Waals surface area contributed by atoms with Crippen molar-refractivity contribution >= 4 is 11.1 Å². The molecular weight excluding hydrogens is 631 g/mol. The molecule has 5 aromatic carbocycles. The zero-order valence-electron chi connectivity index (χ0n) is 29.6. The van der Waals surface area contributed by atoms with Crippen LogP contribution in [0.2, 0.25) is 0 Å². The van der Waals surface area contributed by atoms with Gasteiger partial charge in [-0.15, -0.1) is 0 Å². The molecule has 0 N–H and O–H groups in total. The summed E-state index contributed by atoms with van der Waals surface area (Å²) in [4.78, 5) is 15.1. The van der Waals surface area contributed by atoms with Crippen molar-refractivity contribution < 1.29 is 0 Å². The lowest BCUT2D eigenvalue weighted by Crippen LogP contribution is -2.30. The normalized spacial score (nSPS) is 16.5. The lowest BCUT2D eigenvalue weighted by molar-refractivity contribution is 0.346. The van der Waals surface area contributed by atoms with Crippen LogP contribution in [0.15, 0.2) is 152 Å². The average molecular weight is 674 g/mol. The Kier molecular flexibility index (Phi) is 8.78. The van der Waals surface area contributed by atoms with E-state index in [2.05, 4.69) is 146 Å². The summed E-state index contributed by atoms with van der Waals surface area (Å²) in [5, 5.41) is 0. The molecule has 0 radical (unpaired) electrons. The van der Waals surface area contributed by atoms with Gasteiger partial charge in [0.15, 0.2) is 17.5 Å². The Bertz CT molecular complexity index is 2290. The molecule has 1 fully saturated rings. The second kappa shape index (κ2) is 14.2. The van der Waals surface area contributed by atoms with E-state index in [1.165, 1.54) is 63.8 Å². The van der Waals surface area contributed by atoms with E-state index in [0.717, 1.165) is 61.0 Å². The molecule has 9 rings (SSSR count). The summed E-state index contributed by atoms with van der Waals surface area (Å²) in [6, 6.07) is 46.6. The van der Waals surface area contributed by atoms with Gasteiger partial charge in [-0.2, -0.15) is 0 Å². The van der Waals surface area contributed by atoms with Gasteiger partial charge in [0, 0.05) is 22.1 Å². The smallest absolute Gasteiger partial charge is 0.164 e. The molecule has 3 aliphatic carbocycles. The van der Waals surface area contributed by atoms with Crippen LogP contribution in [-0.4, -0.2) is 15.0 Å². The maximum atomic E-state index is 5.08. The Morgan fingerprint density at radius 3 is 1.69 bits per heavy atom. The van der Waals surface area contributed by atoms with Gasteiger partial charge in [-0.3, -0.25) is 0 Å². The molecule has 0 amide bonds. The van der Waals surface area contributed by atoms with Gasteiger partial charge in [0.25, 0.3) is 0 Å². The van der Waals surface area contributed by atoms with Crippen LogP contribution >= 0.6 is 0 Å². The van der Waals surface area contributed by atoms with Gasteiger partial charge in [-0.05, 0) is 83.0 Å². The molecule has 254 valence electrons. The van der Waals surface area contributed by atoms with Crippen LogP contribution in [0.3, 0.4) is 0 Å². The van der Waals surface area contributed by atoms with E-state index in [0.29, 0.717) is 11.6 Å². The van der Waals surface area contributed by atoms with Crippen molar-refractivity contribution in [1.29, 1.82) is 0 Å². The van der Waals surface area contributed by atoms with Gasteiger partial charge < -0.3 is 0 Å². The second-order valence-electron chi connectivity index (χ2n) is 14.5. The van der Waals surface area contributed by atoms with Crippen molar-refractivity contribution in [3.05, 3.63) is 185 Å². The molecule has 0 saturated heterocycles. The molecule has 0 aliphatic heterocycles. The van der Waals surface area contributed by atoms with E-state index < -0.39 is 0 Å². The summed E-state index contributed by atoms with van der Waals surface area (Å²) in [5.74, 6) is 2.14. The summed E-state index contributed by atoms with van der Waals surface area (Å²) in [6.07, 6.45) is 19.4. The van der Waals surface area contributed by atoms with E-state index in [-0.39, 0.29) is 5.41 Å². The Labute approximate surface area is 307 Å². The monoisotopic (exact) mass is 673 g/mol. The molecular formula is C49H43N3. The number of nitrogens with zero attached hydrogens (tertiary/aromatic N) is 3. The number of aromatic nitrogens is 3. The van der Waals surface area contributed by atoms with Gasteiger partial charge in [0.05, 0.1) is 0 Å². The van der Waals surface area contributed by atoms with Crippen LogP contribution in [0.4, 0.5) is 0 Å². The number of hydrogen-bond donors (Lipinski definition) is 0. The molecule has 0 bridgehead atoms. The van der Waals surface area contributed by atoms with E-state index in [1.807, 2.05) is 6.07 Å². The first-order chi connectivity index (χ1) is 25.7. The number of benzene rings is 5. The first kappa shape index (κ1) is 32.3. The summed E-state index contributed by atoms with van der Waals surface area (Å²) < 4.78 is 0. The number of rotatable bonds is 7. The van der Waals surface area contributed by atoms with E-state index in [9.17, 15) is 0 Å². The first-order valence-electron chi connectivity index (χ1n) is 19.0. The van der Waals surface area contributed by atoms with Gasteiger partial charge in [0.1, 0.15) is 0 Å². The van der Waals surface area contributed by atoms with Crippen LogP contribution in [0.1, 0.15) is 85.0 Å². The Hall–Kier alpha value is -5.67. The molecule has 1 aromatic heterocycles. The molecule has 0 unspecified atom stereocenters. The summed E-state index contributed by atoms with van der Waals surface area (Å²) in [5.41, 5.74) is 13.8. The van der Waals surface area contributed by atoms with E-state index in [1.54, 1.807) is 0 Å². The zero-order chi connectivity index (χ0) is 34.7. The molecule has 0 spiro atoms. The maximum Gasteiger partial charge on any atom is 0.164 e. The van der Waals surface area contributed by atoms with Crippen molar-refractivity contribution in [2.45, 2.75) is 63.2 Å². The topological polar surface area (TPSA) is 38.7 Å². The van der Waals surface area contributed by atoms with Gasteiger partial charge in [-0.25, -0.2) is 15.0 Å². The maximum absolute atomic E-state index is 5.08. The summed E-state index contributed by atoms with van der Waals surface area (Å²) >= 11 is 0. The van der Waals surface area contributed by atoms with Crippen molar-refractivity contribution in [3.63, 3.8) is 0 Å². The highest BCUT2D eigenvalue weighted by atomic mass is 15.0. The van der Waals surface area contributed by atoms with Crippen molar-refractivity contribution in [3.8, 4) is 33.9 Å². The fraction of sp³-hybridized carbons (Fsp3) is 0.204. The van der Waals surface area contributed by atoms with E-state index in [4.69, 9.17) is 15.0 Å². The lowest BCUT2D eigenvalue weighted by Gasteiger charge is -2.39. The summed E-state index contributed by atoms with van der Waals surface area (Å²) in [7, 11) is 0. The fourth-order valence-electron chi connectivity index (χ4n) is 8.55. The highest BCUT2D eigenvalue weighted by Gasteiger charge is 2.36. The van der Waals surface area contributed by atoms with Crippen LogP contribution in [0.25, 0.3) is 45.0 Å². The molecule has 1 saturated carbocycles. The minimum atomic E-state index is 0.00177. The third-order valence-electron chi connectivity index (χ3n) is 11.4. The van der Waals surface area contributed by atoms with Crippen LogP contribution in [0.5, 0.6) is 0 Å². The predicted molar refractivity (Wildman–Crippen MR) is 215 cm³/mol.